The van der Waals surface area contributed by atoms with Crippen LogP contribution < -0.4 is 5.32 Å². The summed E-state index contributed by atoms with van der Waals surface area (Å²) in [5.74, 6) is 0. The second-order valence-corrected chi connectivity index (χ2v) is 4.58. The third-order valence-corrected chi connectivity index (χ3v) is 2.93. The fourth-order valence-electron chi connectivity index (χ4n) is 1.70. The molecule has 2 N–H and O–H groups in total. The third kappa shape index (κ3) is 3.25. The van der Waals surface area contributed by atoms with Crippen LogP contribution in [-0.4, -0.2) is 21.4 Å². The van der Waals surface area contributed by atoms with Crippen molar-refractivity contribution < 1.29 is 5.11 Å². The van der Waals surface area contributed by atoms with E-state index >= 15 is 0 Å². The molecule has 1 unspecified atom stereocenters. The van der Waals surface area contributed by atoms with Gasteiger partial charge >= 0.3 is 0 Å². The molecule has 0 amide bonds. The zero-order valence-electron chi connectivity index (χ0n) is 10.3. The van der Waals surface area contributed by atoms with Gasteiger partial charge in [0.15, 0.2) is 0 Å². The molecule has 1 aromatic heterocycles. The second kappa shape index (κ2) is 5.74. The number of aryl methyl sites for hydroxylation is 1. The largest absolute Gasteiger partial charge is 0.386 e. The minimum Gasteiger partial charge on any atom is -0.386 e. The lowest BCUT2D eigenvalue weighted by molar-refractivity contribution is 0.191. The zero-order valence-corrected chi connectivity index (χ0v) is 11.1. The van der Waals surface area contributed by atoms with E-state index in [0.717, 1.165) is 5.56 Å². The Morgan fingerprint density at radius 2 is 2.37 bits per heavy atom. The first-order chi connectivity index (χ1) is 9.10. The van der Waals surface area contributed by atoms with Crippen LogP contribution in [0.25, 0.3) is 0 Å². The molecule has 0 saturated heterocycles. The Hall–Kier alpha value is -2.03. The highest BCUT2D eigenvalue weighted by molar-refractivity contribution is 6.30. The number of hydrogen-bond acceptors (Lipinski definition) is 4. The van der Waals surface area contributed by atoms with Crippen molar-refractivity contribution in [1.82, 2.24) is 9.78 Å². The van der Waals surface area contributed by atoms with Crippen molar-refractivity contribution in [2.75, 3.05) is 11.9 Å². The molecule has 0 saturated carbocycles. The molecule has 0 fully saturated rings. The maximum Gasteiger partial charge on any atom is 0.101 e. The number of nitrogens with one attached hydrogen (secondary N) is 1. The lowest BCUT2D eigenvalue weighted by atomic mass is 10.1. The van der Waals surface area contributed by atoms with Crippen LogP contribution in [0.3, 0.4) is 0 Å². The fourth-order valence-corrected chi connectivity index (χ4v) is 1.87. The maximum atomic E-state index is 10.00. The van der Waals surface area contributed by atoms with E-state index in [-0.39, 0.29) is 6.54 Å². The Morgan fingerprint density at radius 3 is 3.00 bits per heavy atom. The van der Waals surface area contributed by atoms with Gasteiger partial charge in [0.05, 0.1) is 23.6 Å². The zero-order chi connectivity index (χ0) is 13.8. The lowest BCUT2D eigenvalue weighted by Crippen LogP contribution is -2.12. The molecular weight excluding hydrogens is 264 g/mol. The number of hydrogen-bond donors (Lipinski definition) is 2. The minimum atomic E-state index is -0.695. The normalized spacial score (nSPS) is 11.9. The molecule has 6 heteroatoms. The van der Waals surface area contributed by atoms with E-state index in [4.69, 9.17) is 16.9 Å². The van der Waals surface area contributed by atoms with Crippen LogP contribution in [0.2, 0.25) is 5.02 Å². The number of aromatic nitrogens is 2. The van der Waals surface area contributed by atoms with E-state index in [2.05, 4.69) is 16.5 Å². The number of benzene rings is 1. The summed E-state index contributed by atoms with van der Waals surface area (Å²) >= 11 is 5.88. The molecule has 0 bridgehead atoms. The Bertz CT molecular complexity index is 617. The molecule has 2 rings (SSSR count). The summed E-state index contributed by atoms with van der Waals surface area (Å²) in [4.78, 5) is 0. The summed E-state index contributed by atoms with van der Waals surface area (Å²) in [6.45, 7) is 0.278. The summed E-state index contributed by atoms with van der Waals surface area (Å²) < 4.78 is 1.62. The molecule has 1 aromatic carbocycles. The number of nitriles is 1. The van der Waals surface area contributed by atoms with Gasteiger partial charge in [-0.1, -0.05) is 11.6 Å². The van der Waals surface area contributed by atoms with Crippen molar-refractivity contribution in [3.63, 3.8) is 0 Å². The van der Waals surface area contributed by atoms with Crippen molar-refractivity contribution in [3.8, 4) is 6.07 Å². The summed E-state index contributed by atoms with van der Waals surface area (Å²) in [6, 6.07) is 7.03. The van der Waals surface area contributed by atoms with Crippen LogP contribution in [0.15, 0.2) is 30.6 Å². The molecule has 1 heterocycles. The molecule has 0 radical (unpaired) electrons. The highest BCUT2D eigenvalue weighted by Gasteiger charge is 2.10. The van der Waals surface area contributed by atoms with Gasteiger partial charge in [0.25, 0.3) is 0 Å². The number of nitrogens with zero attached hydrogens (tertiary/aromatic N) is 3. The number of rotatable bonds is 4. The van der Waals surface area contributed by atoms with E-state index in [1.54, 1.807) is 42.3 Å². The Kier molecular flexibility index (Phi) is 4.05. The Labute approximate surface area is 116 Å². The first-order valence-electron chi connectivity index (χ1n) is 5.70. The van der Waals surface area contributed by atoms with Gasteiger partial charge in [-0.3, -0.25) is 4.68 Å². The van der Waals surface area contributed by atoms with Crippen LogP contribution in [0.4, 0.5) is 5.69 Å². The minimum absolute atomic E-state index is 0.278. The molecule has 0 aliphatic carbocycles. The van der Waals surface area contributed by atoms with Crippen molar-refractivity contribution >= 4 is 17.3 Å². The molecule has 0 spiro atoms. The van der Waals surface area contributed by atoms with Crippen molar-refractivity contribution in [3.05, 3.63) is 46.7 Å². The van der Waals surface area contributed by atoms with Gasteiger partial charge in [-0.25, -0.2) is 0 Å². The Morgan fingerprint density at radius 1 is 1.58 bits per heavy atom. The molecule has 0 aliphatic heterocycles. The fraction of sp³-hybridized carbons (Fsp3) is 0.231. The van der Waals surface area contributed by atoms with E-state index in [9.17, 15) is 5.11 Å². The predicted molar refractivity (Wildman–Crippen MR) is 72.8 cm³/mol. The summed E-state index contributed by atoms with van der Waals surface area (Å²) in [6.07, 6.45) is 2.66. The van der Waals surface area contributed by atoms with Crippen LogP contribution in [0.5, 0.6) is 0 Å². The van der Waals surface area contributed by atoms with Gasteiger partial charge in [0.2, 0.25) is 0 Å². The third-order valence-electron chi connectivity index (χ3n) is 2.70. The number of aliphatic hydroxyl groups is 1. The molecule has 1 atom stereocenters. The number of aliphatic hydroxyl groups excluding tert-OH is 1. The average molecular weight is 277 g/mol. The van der Waals surface area contributed by atoms with Gasteiger partial charge in [0.1, 0.15) is 6.07 Å². The van der Waals surface area contributed by atoms with Gasteiger partial charge in [-0.2, -0.15) is 10.4 Å². The van der Waals surface area contributed by atoms with Gasteiger partial charge < -0.3 is 10.4 Å². The van der Waals surface area contributed by atoms with Crippen LogP contribution in [0, 0.1) is 11.3 Å². The summed E-state index contributed by atoms with van der Waals surface area (Å²) in [5, 5.41) is 26.5. The Balaban J connectivity index is 2.06. The second-order valence-electron chi connectivity index (χ2n) is 4.15. The molecule has 5 nitrogen and oxygen atoms in total. The van der Waals surface area contributed by atoms with Crippen LogP contribution in [0.1, 0.15) is 17.2 Å². The van der Waals surface area contributed by atoms with Gasteiger partial charge in [0, 0.05) is 30.4 Å². The van der Waals surface area contributed by atoms with E-state index in [0.29, 0.717) is 16.3 Å². The highest BCUT2D eigenvalue weighted by atomic mass is 35.5. The lowest BCUT2D eigenvalue weighted by Gasteiger charge is -2.12. The van der Waals surface area contributed by atoms with Crippen molar-refractivity contribution in [1.29, 1.82) is 5.26 Å². The first kappa shape index (κ1) is 13.4. The number of halogens is 1. The average Bonchev–Trinajstić information content (AvgIpc) is 2.83. The van der Waals surface area contributed by atoms with Crippen LogP contribution in [-0.2, 0) is 7.05 Å². The van der Waals surface area contributed by atoms with E-state index < -0.39 is 6.10 Å². The van der Waals surface area contributed by atoms with Crippen molar-refractivity contribution in [2.45, 2.75) is 6.10 Å². The predicted octanol–water partition coefficient (Wildman–Crippen LogP) is 2.09. The van der Waals surface area contributed by atoms with E-state index in [1.165, 1.54) is 0 Å². The highest BCUT2D eigenvalue weighted by Crippen LogP contribution is 2.21. The monoisotopic (exact) mass is 276 g/mol. The maximum absolute atomic E-state index is 10.00. The first-order valence-corrected chi connectivity index (χ1v) is 6.08. The standard InChI is InChI=1S/C13H13ClN4O/c1-18-8-10(6-17-18)13(19)7-16-12-4-11(14)3-2-9(12)5-15/h2-4,6,8,13,16,19H,7H2,1H3. The smallest absolute Gasteiger partial charge is 0.101 e. The SMILES string of the molecule is Cn1cc(C(O)CNc2cc(Cl)ccc2C#N)cn1. The van der Waals surface area contributed by atoms with Gasteiger partial charge in [-0.15, -0.1) is 0 Å². The summed E-state index contributed by atoms with van der Waals surface area (Å²) in [7, 11) is 1.79. The molecule has 2 aromatic rings. The van der Waals surface area contributed by atoms with Crippen LogP contribution >= 0.6 is 11.6 Å². The van der Waals surface area contributed by atoms with Gasteiger partial charge in [-0.05, 0) is 18.2 Å². The number of anilines is 1. The molecular formula is C13H13ClN4O. The van der Waals surface area contributed by atoms with E-state index in [1.807, 2.05) is 0 Å². The molecule has 0 aliphatic rings. The quantitative estimate of drug-likeness (QED) is 0.897. The molecule has 19 heavy (non-hydrogen) atoms. The topological polar surface area (TPSA) is 73.9 Å². The summed E-state index contributed by atoms with van der Waals surface area (Å²) in [5.41, 5.74) is 1.82. The van der Waals surface area contributed by atoms with Crippen molar-refractivity contribution in [2.24, 2.45) is 7.05 Å². The molecule has 98 valence electrons.